The Morgan fingerprint density at radius 3 is 2.52 bits per heavy atom. The van der Waals surface area contributed by atoms with Crippen molar-refractivity contribution in [2.24, 2.45) is 0 Å². The van der Waals surface area contributed by atoms with Gasteiger partial charge in [0.15, 0.2) is 0 Å². The van der Waals surface area contributed by atoms with Gasteiger partial charge in [-0.25, -0.2) is 4.98 Å². The minimum Gasteiger partial charge on any atom is -0.497 e. The van der Waals surface area contributed by atoms with Gasteiger partial charge < -0.3 is 19.4 Å². The Bertz CT molecular complexity index is 1120. The first-order valence-corrected chi connectivity index (χ1v) is 11.2. The Kier molecular flexibility index (Phi) is 6.77. The topological polar surface area (TPSA) is 61.8 Å². The lowest BCUT2D eigenvalue weighted by atomic mass is 10.0. The number of anilines is 2. The summed E-state index contributed by atoms with van der Waals surface area (Å²) in [6.07, 6.45) is 1.07. The molecule has 0 N–H and O–H groups in total. The summed E-state index contributed by atoms with van der Waals surface area (Å²) < 4.78 is 5.29. The number of nitrogens with zero attached hydrogens (tertiary/aromatic N) is 5. The zero-order valence-electron chi connectivity index (χ0n) is 19.8. The van der Waals surface area contributed by atoms with Crippen LogP contribution in [0.3, 0.4) is 0 Å². The predicted octanol–water partition coefficient (Wildman–Crippen LogP) is 3.32. The quantitative estimate of drug-likeness (QED) is 0.556. The van der Waals surface area contributed by atoms with Crippen molar-refractivity contribution < 1.29 is 9.53 Å². The first-order chi connectivity index (χ1) is 15.9. The highest BCUT2D eigenvalue weighted by Crippen LogP contribution is 2.28. The van der Waals surface area contributed by atoms with Gasteiger partial charge in [-0.2, -0.15) is 4.98 Å². The largest absolute Gasteiger partial charge is 0.497 e. The van der Waals surface area contributed by atoms with Gasteiger partial charge in [-0.15, -0.1) is 0 Å². The molecule has 1 aromatic heterocycles. The van der Waals surface area contributed by atoms with E-state index < -0.39 is 0 Å². The molecule has 0 saturated heterocycles. The van der Waals surface area contributed by atoms with Crippen molar-refractivity contribution in [3.63, 3.8) is 0 Å². The van der Waals surface area contributed by atoms with Gasteiger partial charge in [0.05, 0.1) is 25.8 Å². The average molecular weight is 446 g/mol. The van der Waals surface area contributed by atoms with Crippen LogP contribution >= 0.6 is 0 Å². The second kappa shape index (κ2) is 9.90. The second-order valence-corrected chi connectivity index (χ2v) is 8.60. The van der Waals surface area contributed by atoms with Crippen molar-refractivity contribution in [3.05, 3.63) is 77.0 Å². The van der Waals surface area contributed by atoms with Gasteiger partial charge in [0, 0.05) is 46.2 Å². The van der Waals surface area contributed by atoms with E-state index in [1.54, 1.807) is 7.11 Å². The third kappa shape index (κ3) is 5.25. The fraction of sp³-hybridized carbons (Fsp3) is 0.346. The van der Waals surface area contributed by atoms with E-state index in [-0.39, 0.29) is 5.91 Å². The van der Waals surface area contributed by atoms with Crippen LogP contribution in [0.15, 0.2) is 54.6 Å². The van der Waals surface area contributed by atoms with E-state index in [0.29, 0.717) is 31.9 Å². The lowest BCUT2D eigenvalue weighted by molar-refractivity contribution is -0.131. The van der Waals surface area contributed by atoms with Crippen LogP contribution in [0.4, 0.5) is 11.8 Å². The highest BCUT2D eigenvalue weighted by atomic mass is 16.5. The van der Waals surface area contributed by atoms with Crippen LogP contribution in [-0.4, -0.2) is 55.6 Å². The number of aromatic nitrogens is 2. The highest BCUT2D eigenvalue weighted by molar-refractivity contribution is 5.79. The number of fused-ring (bicyclic) bond motifs is 1. The summed E-state index contributed by atoms with van der Waals surface area (Å²) in [6, 6.07) is 18.0. The molecule has 1 aliphatic rings. The Balaban J connectivity index is 1.53. The molecule has 0 atom stereocenters. The molecule has 0 bridgehead atoms. The number of rotatable bonds is 7. The van der Waals surface area contributed by atoms with Crippen LogP contribution in [0.2, 0.25) is 0 Å². The minimum absolute atomic E-state index is 0.101. The molecule has 172 valence electrons. The normalized spacial score (nSPS) is 12.8. The van der Waals surface area contributed by atoms with Gasteiger partial charge in [-0.05, 0) is 23.3 Å². The number of carbonyl (C=O) groups excluding carboxylic acids is 1. The highest BCUT2D eigenvalue weighted by Gasteiger charge is 2.27. The summed E-state index contributed by atoms with van der Waals surface area (Å²) >= 11 is 0. The molecular weight excluding hydrogens is 414 g/mol. The standard InChI is InChI=1S/C26H31N5O2/c1-29(2)25-22-18-31(24(32)16-20-11-8-12-21(15-20)33-4)14-13-23(22)27-26(28-25)30(3)17-19-9-6-5-7-10-19/h5-12,15H,13-14,16-18H2,1-4H3. The summed E-state index contributed by atoms with van der Waals surface area (Å²) in [5.41, 5.74) is 4.21. The molecule has 2 aromatic carbocycles. The van der Waals surface area contributed by atoms with Gasteiger partial charge in [0.25, 0.3) is 0 Å². The fourth-order valence-electron chi connectivity index (χ4n) is 4.13. The lowest BCUT2D eigenvalue weighted by Crippen LogP contribution is -2.38. The zero-order valence-corrected chi connectivity index (χ0v) is 19.8. The number of carbonyl (C=O) groups is 1. The van der Waals surface area contributed by atoms with E-state index in [1.165, 1.54) is 5.56 Å². The molecule has 0 saturated carbocycles. The van der Waals surface area contributed by atoms with Crippen molar-refractivity contribution in [2.45, 2.75) is 25.9 Å². The molecule has 1 aliphatic heterocycles. The molecule has 0 spiro atoms. The number of benzene rings is 2. The molecule has 2 heterocycles. The molecule has 3 aromatic rings. The molecule has 1 amide bonds. The molecule has 0 radical (unpaired) electrons. The van der Waals surface area contributed by atoms with Gasteiger partial charge in [-0.1, -0.05) is 42.5 Å². The molecule has 7 heteroatoms. The van der Waals surface area contributed by atoms with Crippen LogP contribution in [0.1, 0.15) is 22.4 Å². The fourth-order valence-corrected chi connectivity index (χ4v) is 4.13. The first-order valence-electron chi connectivity index (χ1n) is 11.2. The van der Waals surface area contributed by atoms with E-state index in [0.717, 1.165) is 34.9 Å². The Morgan fingerprint density at radius 2 is 1.79 bits per heavy atom. The molecule has 4 rings (SSSR count). The van der Waals surface area contributed by atoms with Crippen molar-refractivity contribution in [3.8, 4) is 5.75 Å². The number of hydrogen-bond donors (Lipinski definition) is 0. The van der Waals surface area contributed by atoms with Gasteiger partial charge in [-0.3, -0.25) is 4.79 Å². The maximum atomic E-state index is 13.1. The molecule has 7 nitrogen and oxygen atoms in total. The Labute approximate surface area is 195 Å². The van der Waals surface area contributed by atoms with Crippen LogP contribution in [0.25, 0.3) is 0 Å². The average Bonchev–Trinajstić information content (AvgIpc) is 2.83. The summed E-state index contributed by atoms with van der Waals surface area (Å²) in [5, 5.41) is 0. The SMILES string of the molecule is COc1cccc(CC(=O)N2CCc3nc(N(C)Cc4ccccc4)nc(N(C)C)c3C2)c1. The van der Waals surface area contributed by atoms with Crippen LogP contribution in [0.5, 0.6) is 5.75 Å². The molecule has 0 fully saturated rings. The van der Waals surface area contributed by atoms with Crippen molar-refractivity contribution >= 4 is 17.7 Å². The summed E-state index contributed by atoms with van der Waals surface area (Å²) in [6.45, 7) is 1.91. The van der Waals surface area contributed by atoms with Crippen molar-refractivity contribution in [1.82, 2.24) is 14.9 Å². The van der Waals surface area contributed by atoms with Crippen molar-refractivity contribution in [1.29, 1.82) is 0 Å². The minimum atomic E-state index is 0.101. The molecule has 0 unspecified atom stereocenters. The number of ether oxygens (including phenoxy) is 1. The number of hydrogen-bond acceptors (Lipinski definition) is 6. The summed E-state index contributed by atoms with van der Waals surface area (Å²) in [4.78, 5) is 28.8. The second-order valence-electron chi connectivity index (χ2n) is 8.60. The smallest absolute Gasteiger partial charge is 0.227 e. The monoisotopic (exact) mass is 445 g/mol. The van der Waals surface area contributed by atoms with Crippen LogP contribution in [0, 0.1) is 0 Å². The number of amides is 1. The maximum Gasteiger partial charge on any atom is 0.227 e. The maximum absolute atomic E-state index is 13.1. The van der Waals surface area contributed by atoms with E-state index in [9.17, 15) is 4.79 Å². The van der Waals surface area contributed by atoms with Crippen molar-refractivity contribution in [2.75, 3.05) is 44.6 Å². The van der Waals surface area contributed by atoms with E-state index >= 15 is 0 Å². The van der Waals surface area contributed by atoms with E-state index in [1.807, 2.05) is 73.4 Å². The van der Waals surface area contributed by atoms with Gasteiger partial charge in [0.1, 0.15) is 11.6 Å². The zero-order chi connectivity index (χ0) is 23.4. The Hall–Kier alpha value is -3.61. The summed E-state index contributed by atoms with van der Waals surface area (Å²) in [7, 11) is 7.62. The third-order valence-corrected chi connectivity index (χ3v) is 5.90. The van der Waals surface area contributed by atoms with Gasteiger partial charge >= 0.3 is 0 Å². The van der Waals surface area contributed by atoms with Crippen LogP contribution in [-0.2, 0) is 30.7 Å². The van der Waals surface area contributed by atoms with Gasteiger partial charge in [0.2, 0.25) is 11.9 Å². The van der Waals surface area contributed by atoms with E-state index in [4.69, 9.17) is 14.7 Å². The first kappa shape index (κ1) is 22.6. The molecule has 0 aliphatic carbocycles. The molecular formula is C26H31N5O2. The molecule has 33 heavy (non-hydrogen) atoms. The Morgan fingerprint density at radius 1 is 1.03 bits per heavy atom. The lowest BCUT2D eigenvalue weighted by Gasteiger charge is -2.32. The van der Waals surface area contributed by atoms with E-state index in [2.05, 4.69) is 17.0 Å². The van der Waals surface area contributed by atoms with Crippen LogP contribution < -0.4 is 14.5 Å². The predicted molar refractivity (Wildman–Crippen MR) is 131 cm³/mol. The number of methoxy groups -OCH3 is 1. The summed E-state index contributed by atoms with van der Waals surface area (Å²) in [5.74, 6) is 2.44. The third-order valence-electron chi connectivity index (χ3n) is 5.90.